The lowest BCUT2D eigenvalue weighted by atomic mass is 10.2. The Morgan fingerprint density at radius 3 is 2.84 bits per heavy atom. The van der Waals surface area contributed by atoms with Crippen molar-refractivity contribution in [1.29, 1.82) is 0 Å². The number of allylic oxidation sites excluding steroid dienone is 2. The van der Waals surface area contributed by atoms with E-state index in [0.717, 1.165) is 0 Å². The lowest BCUT2D eigenvalue weighted by molar-refractivity contribution is -0.115. The molecular formula is C14H9NOS3. The largest absolute Gasteiger partial charge is 0.307 e. The predicted octanol–water partition coefficient (Wildman–Crippen LogP) is 3.95. The highest BCUT2D eigenvalue weighted by Gasteiger charge is 2.20. The summed E-state index contributed by atoms with van der Waals surface area (Å²) in [5, 5.41) is 3.84. The number of hydrogen-bond acceptors (Lipinski definition) is 4. The van der Waals surface area contributed by atoms with E-state index in [2.05, 4.69) is 23.5 Å². The van der Waals surface area contributed by atoms with Gasteiger partial charge in [0.15, 0.2) is 0 Å². The third kappa shape index (κ3) is 2.78. The summed E-state index contributed by atoms with van der Waals surface area (Å²) in [7, 11) is 0. The molecule has 1 aliphatic heterocycles. The van der Waals surface area contributed by atoms with E-state index in [1.54, 1.807) is 17.4 Å². The summed E-state index contributed by atoms with van der Waals surface area (Å²) in [4.78, 5) is 13.3. The number of fused-ring (bicyclic) bond motifs is 1. The zero-order chi connectivity index (χ0) is 13.2. The van der Waals surface area contributed by atoms with Crippen LogP contribution in [0.15, 0.2) is 47.4 Å². The number of thioether (sulfide) groups is 1. The molecule has 0 aliphatic carbocycles. The molecule has 0 atom stereocenters. The molecule has 5 heteroatoms. The Hall–Kier alpha value is -1.43. The summed E-state index contributed by atoms with van der Waals surface area (Å²) >= 11 is 7.96. The zero-order valence-electron chi connectivity index (χ0n) is 9.75. The topological polar surface area (TPSA) is 29.1 Å². The van der Waals surface area contributed by atoms with Crippen LogP contribution in [0.2, 0.25) is 0 Å². The van der Waals surface area contributed by atoms with Crippen molar-refractivity contribution in [2.24, 2.45) is 0 Å². The maximum atomic E-state index is 11.4. The molecule has 3 rings (SSSR count). The standard InChI is InChI=1S/C14H9NOS3/c16-13-12(19-14(17)15-13)7-3-5-10-8-9-4-1-2-6-11(9)18-10/h1-8H,(H,15,16,17). The van der Waals surface area contributed by atoms with Gasteiger partial charge in [0, 0.05) is 9.58 Å². The first-order chi connectivity index (χ1) is 9.22. The SMILES string of the molecule is O=C1NC(=S)SC1=CC=Cc1cc2ccccc2s1. The highest BCUT2D eigenvalue weighted by molar-refractivity contribution is 8.26. The molecule has 1 fully saturated rings. The van der Waals surface area contributed by atoms with Gasteiger partial charge in [0.1, 0.15) is 4.32 Å². The highest BCUT2D eigenvalue weighted by atomic mass is 32.2. The second-order valence-corrected chi connectivity index (χ2v) is 6.75. The molecule has 1 saturated heterocycles. The highest BCUT2D eigenvalue weighted by Crippen LogP contribution is 2.27. The van der Waals surface area contributed by atoms with Crippen LogP contribution in [0.4, 0.5) is 0 Å². The van der Waals surface area contributed by atoms with Gasteiger partial charge in [-0.1, -0.05) is 48.3 Å². The average Bonchev–Trinajstić information content (AvgIpc) is 2.92. The number of thiocarbonyl (C=S) groups is 1. The zero-order valence-corrected chi connectivity index (χ0v) is 12.2. The van der Waals surface area contributed by atoms with Gasteiger partial charge in [-0.15, -0.1) is 11.3 Å². The van der Waals surface area contributed by atoms with Crippen LogP contribution in [0.5, 0.6) is 0 Å². The van der Waals surface area contributed by atoms with Gasteiger partial charge in [-0.3, -0.25) is 4.79 Å². The van der Waals surface area contributed by atoms with Crippen LogP contribution in [-0.4, -0.2) is 10.2 Å². The van der Waals surface area contributed by atoms with E-state index in [-0.39, 0.29) is 5.91 Å². The van der Waals surface area contributed by atoms with Gasteiger partial charge in [0.05, 0.1) is 4.91 Å². The molecule has 1 aliphatic rings. The fourth-order valence-electron chi connectivity index (χ4n) is 1.75. The van der Waals surface area contributed by atoms with Crippen molar-refractivity contribution in [1.82, 2.24) is 5.32 Å². The van der Waals surface area contributed by atoms with Crippen molar-refractivity contribution < 1.29 is 4.79 Å². The van der Waals surface area contributed by atoms with Crippen molar-refractivity contribution >= 4 is 61.7 Å². The second kappa shape index (κ2) is 5.28. The maximum Gasteiger partial charge on any atom is 0.263 e. The molecule has 1 amide bonds. The summed E-state index contributed by atoms with van der Waals surface area (Å²) in [6, 6.07) is 10.4. The molecule has 0 bridgehead atoms. The summed E-state index contributed by atoms with van der Waals surface area (Å²) < 4.78 is 1.79. The first kappa shape index (κ1) is 12.6. The smallest absolute Gasteiger partial charge is 0.263 e. The fourth-order valence-corrected chi connectivity index (χ4v) is 3.72. The van der Waals surface area contributed by atoms with Gasteiger partial charge >= 0.3 is 0 Å². The predicted molar refractivity (Wildman–Crippen MR) is 87.3 cm³/mol. The van der Waals surface area contributed by atoms with E-state index in [9.17, 15) is 4.79 Å². The Kier molecular flexibility index (Phi) is 3.50. The number of benzene rings is 1. The molecule has 94 valence electrons. The van der Waals surface area contributed by atoms with Gasteiger partial charge in [0.2, 0.25) is 0 Å². The van der Waals surface area contributed by atoms with Gasteiger partial charge in [-0.25, -0.2) is 0 Å². The summed E-state index contributed by atoms with van der Waals surface area (Å²) in [6.45, 7) is 0. The molecular weight excluding hydrogens is 294 g/mol. The summed E-state index contributed by atoms with van der Waals surface area (Å²) in [5.74, 6) is -0.115. The van der Waals surface area contributed by atoms with Crippen LogP contribution >= 0.6 is 35.3 Å². The molecule has 1 aromatic heterocycles. The first-order valence-corrected chi connectivity index (χ1v) is 7.66. The number of amides is 1. The Bertz CT molecular complexity index is 694. The molecule has 0 saturated carbocycles. The Labute approximate surface area is 124 Å². The number of rotatable bonds is 2. The van der Waals surface area contributed by atoms with Gasteiger partial charge in [-0.05, 0) is 29.7 Å². The van der Waals surface area contributed by atoms with Crippen LogP contribution in [0.25, 0.3) is 16.2 Å². The van der Waals surface area contributed by atoms with E-state index >= 15 is 0 Å². The molecule has 0 spiro atoms. The van der Waals surface area contributed by atoms with Crippen molar-refractivity contribution in [2.45, 2.75) is 0 Å². The van der Waals surface area contributed by atoms with E-state index in [4.69, 9.17) is 12.2 Å². The Balaban J connectivity index is 1.81. The number of nitrogens with one attached hydrogen (secondary N) is 1. The molecule has 0 unspecified atom stereocenters. The van der Waals surface area contributed by atoms with Gasteiger partial charge in [0.25, 0.3) is 5.91 Å². The van der Waals surface area contributed by atoms with E-state index in [1.807, 2.05) is 24.3 Å². The minimum Gasteiger partial charge on any atom is -0.307 e. The molecule has 2 aromatic rings. The van der Waals surface area contributed by atoms with Crippen LogP contribution in [0.3, 0.4) is 0 Å². The first-order valence-electron chi connectivity index (χ1n) is 5.62. The van der Waals surface area contributed by atoms with E-state index in [1.165, 1.54) is 26.7 Å². The van der Waals surface area contributed by atoms with Crippen molar-refractivity contribution in [2.75, 3.05) is 0 Å². The second-order valence-electron chi connectivity index (χ2n) is 3.92. The van der Waals surface area contributed by atoms with Crippen molar-refractivity contribution in [3.63, 3.8) is 0 Å². The lowest BCUT2D eigenvalue weighted by Gasteiger charge is -1.86. The summed E-state index contributed by atoms with van der Waals surface area (Å²) in [6.07, 6.45) is 5.69. The minimum atomic E-state index is -0.115. The molecule has 2 heterocycles. The third-order valence-corrected chi connectivity index (χ3v) is 4.86. The van der Waals surface area contributed by atoms with Crippen molar-refractivity contribution in [3.8, 4) is 0 Å². The monoisotopic (exact) mass is 303 g/mol. The van der Waals surface area contributed by atoms with E-state index in [0.29, 0.717) is 9.23 Å². The maximum absolute atomic E-state index is 11.4. The third-order valence-electron chi connectivity index (χ3n) is 2.59. The summed E-state index contributed by atoms with van der Waals surface area (Å²) in [5.41, 5.74) is 0. The van der Waals surface area contributed by atoms with Gasteiger partial charge in [-0.2, -0.15) is 0 Å². The number of hydrogen-bond donors (Lipinski definition) is 1. The Morgan fingerprint density at radius 1 is 1.26 bits per heavy atom. The quantitative estimate of drug-likeness (QED) is 0.673. The normalized spacial score (nSPS) is 17.8. The lowest BCUT2D eigenvalue weighted by Crippen LogP contribution is -2.17. The van der Waals surface area contributed by atoms with Crippen LogP contribution in [0, 0.1) is 0 Å². The molecule has 1 aromatic carbocycles. The van der Waals surface area contributed by atoms with E-state index < -0.39 is 0 Å². The average molecular weight is 303 g/mol. The number of carbonyl (C=O) groups is 1. The van der Waals surface area contributed by atoms with Crippen LogP contribution < -0.4 is 5.32 Å². The van der Waals surface area contributed by atoms with Crippen LogP contribution in [-0.2, 0) is 4.79 Å². The molecule has 2 nitrogen and oxygen atoms in total. The molecule has 19 heavy (non-hydrogen) atoms. The van der Waals surface area contributed by atoms with Crippen molar-refractivity contribution in [3.05, 3.63) is 52.3 Å². The Morgan fingerprint density at radius 2 is 2.11 bits per heavy atom. The minimum absolute atomic E-state index is 0.115. The van der Waals surface area contributed by atoms with Gasteiger partial charge < -0.3 is 5.32 Å². The molecule has 1 N–H and O–H groups in total. The number of thiophene rings is 1. The fraction of sp³-hybridized carbons (Fsp3) is 0. The number of carbonyl (C=O) groups excluding carboxylic acids is 1. The molecule has 0 radical (unpaired) electrons. The van der Waals surface area contributed by atoms with Crippen LogP contribution in [0.1, 0.15) is 4.88 Å².